The van der Waals surface area contributed by atoms with Crippen LogP contribution in [0.3, 0.4) is 0 Å². The molecule has 0 bridgehead atoms. The third-order valence-corrected chi connectivity index (χ3v) is 3.20. The summed E-state index contributed by atoms with van der Waals surface area (Å²) in [6, 6.07) is -0.0923. The predicted octanol–water partition coefficient (Wildman–Crippen LogP) is 1.75. The Bertz CT molecular complexity index is 477. The highest BCUT2D eigenvalue weighted by Gasteiger charge is 2.12. The molecule has 1 amide bonds. The molecular weight excluding hydrogens is 224 g/mol. The van der Waals surface area contributed by atoms with Crippen LogP contribution in [0.2, 0.25) is 0 Å². The van der Waals surface area contributed by atoms with Crippen molar-refractivity contribution in [3.8, 4) is 0 Å². The maximum atomic E-state index is 11.9. The van der Waals surface area contributed by atoms with E-state index in [1.807, 2.05) is 6.92 Å². The van der Waals surface area contributed by atoms with Gasteiger partial charge in [-0.25, -0.2) is 14.8 Å². The zero-order valence-corrected chi connectivity index (χ0v) is 9.94. The summed E-state index contributed by atoms with van der Waals surface area (Å²) in [4.78, 5) is 22.6. The molecule has 0 aromatic carbocycles. The number of hydrogen-bond donors (Lipinski definition) is 0. The Morgan fingerprint density at radius 2 is 2.44 bits per heavy atom. The van der Waals surface area contributed by atoms with Crippen molar-refractivity contribution in [1.82, 2.24) is 19.4 Å². The Morgan fingerprint density at radius 1 is 1.62 bits per heavy atom. The molecule has 0 spiro atoms. The van der Waals surface area contributed by atoms with Gasteiger partial charge in [-0.3, -0.25) is 4.57 Å². The van der Waals surface area contributed by atoms with E-state index in [1.165, 1.54) is 10.9 Å². The van der Waals surface area contributed by atoms with Crippen molar-refractivity contribution in [1.29, 1.82) is 0 Å². The molecule has 0 aliphatic carbocycles. The minimum absolute atomic E-state index is 0.0923. The lowest BCUT2D eigenvalue weighted by Gasteiger charge is -2.16. The van der Waals surface area contributed by atoms with Crippen LogP contribution in [0.4, 0.5) is 4.79 Å². The summed E-state index contributed by atoms with van der Waals surface area (Å²) in [7, 11) is 1.77. The maximum absolute atomic E-state index is 11.9. The summed E-state index contributed by atoms with van der Waals surface area (Å²) >= 11 is 1.56. The summed E-state index contributed by atoms with van der Waals surface area (Å²) in [6.07, 6.45) is 4.72. The molecule has 0 N–H and O–H groups in total. The van der Waals surface area contributed by atoms with E-state index in [1.54, 1.807) is 41.2 Å². The van der Waals surface area contributed by atoms with Crippen molar-refractivity contribution in [2.75, 3.05) is 7.05 Å². The summed E-state index contributed by atoms with van der Waals surface area (Å²) in [5, 5.41) is 0. The van der Waals surface area contributed by atoms with Crippen molar-refractivity contribution < 1.29 is 4.79 Å². The van der Waals surface area contributed by atoms with Gasteiger partial charge in [0, 0.05) is 24.3 Å². The zero-order valence-electron chi connectivity index (χ0n) is 9.12. The number of aromatic nitrogens is 3. The molecule has 0 fully saturated rings. The highest BCUT2D eigenvalue weighted by Crippen LogP contribution is 2.14. The minimum atomic E-state index is -0.0923. The van der Waals surface area contributed by atoms with Crippen LogP contribution in [0.15, 0.2) is 24.2 Å². The summed E-state index contributed by atoms with van der Waals surface area (Å²) in [5.41, 5.74) is 2.77. The van der Waals surface area contributed by atoms with Gasteiger partial charge >= 0.3 is 6.03 Å². The van der Waals surface area contributed by atoms with Gasteiger partial charge in [0.15, 0.2) is 0 Å². The Labute approximate surface area is 97.4 Å². The van der Waals surface area contributed by atoms with Crippen LogP contribution in [0, 0.1) is 6.92 Å². The zero-order chi connectivity index (χ0) is 11.5. The lowest BCUT2D eigenvalue weighted by molar-refractivity contribution is 0.209. The highest BCUT2D eigenvalue weighted by atomic mass is 32.1. The largest absolute Gasteiger partial charge is 0.329 e. The van der Waals surface area contributed by atoms with Gasteiger partial charge in [0.05, 0.1) is 17.7 Å². The lowest BCUT2D eigenvalue weighted by Crippen LogP contribution is -2.29. The van der Waals surface area contributed by atoms with Crippen LogP contribution in [0.1, 0.15) is 10.6 Å². The van der Waals surface area contributed by atoms with Gasteiger partial charge in [0.1, 0.15) is 6.33 Å². The van der Waals surface area contributed by atoms with E-state index in [4.69, 9.17) is 0 Å². The molecule has 0 atom stereocenters. The van der Waals surface area contributed by atoms with E-state index in [0.717, 1.165) is 10.6 Å². The molecule has 0 saturated carbocycles. The smallest absolute Gasteiger partial charge is 0.322 e. The van der Waals surface area contributed by atoms with Crippen molar-refractivity contribution in [3.63, 3.8) is 0 Å². The van der Waals surface area contributed by atoms with E-state index >= 15 is 0 Å². The van der Waals surface area contributed by atoms with E-state index in [9.17, 15) is 4.79 Å². The fourth-order valence-corrected chi connectivity index (χ4v) is 2.16. The van der Waals surface area contributed by atoms with Crippen LogP contribution in [0.5, 0.6) is 0 Å². The quantitative estimate of drug-likeness (QED) is 0.798. The van der Waals surface area contributed by atoms with Crippen LogP contribution in [-0.2, 0) is 6.54 Å². The highest BCUT2D eigenvalue weighted by molar-refractivity contribution is 7.09. The number of hydrogen-bond acceptors (Lipinski definition) is 4. The van der Waals surface area contributed by atoms with E-state index in [0.29, 0.717) is 6.54 Å². The van der Waals surface area contributed by atoms with Gasteiger partial charge in [0.25, 0.3) is 0 Å². The van der Waals surface area contributed by atoms with Crippen molar-refractivity contribution >= 4 is 17.4 Å². The average Bonchev–Trinajstić information content (AvgIpc) is 2.89. The van der Waals surface area contributed by atoms with Gasteiger partial charge in [-0.15, -0.1) is 11.3 Å². The number of thiazole rings is 1. The van der Waals surface area contributed by atoms with E-state index in [2.05, 4.69) is 9.97 Å². The molecule has 6 heteroatoms. The normalized spacial score (nSPS) is 10.4. The molecule has 2 aromatic rings. The van der Waals surface area contributed by atoms with Crippen molar-refractivity contribution in [2.45, 2.75) is 13.5 Å². The van der Waals surface area contributed by atoms with Crippen LogP contribution in [0.25, 0.3) is 0 Å². The van der Waals surface area contributed by atoms with Crippen molar-refractivity contribution in [2.24, 2.45) is 0 Å². The topological polar surface area (TPSA) is 51.0 Å². The summed E-state index contributed by atoms with van der Waals surface area (Å²) < 4.78 is 1.45. The molecular formula is C10H12N4OS. The second-order valence-corrected chi connectivity index (χ2v) is 4.41. The van der Waals surface area contributed by atoms with Gasteiger partial charge in [0.2, 0.25) is 0 Å². The molecule has 2 heterocycles. The molecule has 2 aromatic heterocycles. The van der Waals surface area contributed by atoms with Gasteiger partial charge in [-0.1, -0.05) is 0 Å². The third-order valence-electron chi connectivity index (χ3n) is 2.28. The molecule has 16 heavy (non-hydrogen) atoms. The first kappa shape index (κ1) is 10.8. The lowest BCUT2D eigenvalue weighted by atomic mass is 10.4. The molecule has 0 aliphatic rings. The van der Waals surface area contributed by atoms with Crippen LogP contribution in [-0.4, -0.2) is 32.5 Å². The number of carbonyl (C=O) groups excluding carboxylic acids is 1. The molecule has 84 valence electrons. The van der Waals surface area contributed by atoms with Crippen molar-refractivity contribution in [3.05, 3.63) is 34.8 Å². The maximum Gasteiger partial charge on any atom is 0.329 e. The molecule has 5 nitrogen and oxygen atoms in total. The standard InChI is InChI=1S/C10H12N4OS/c1-8-9(16-7-12-8)5-13(2)10(15)14-4-3-11-6-14/h3-4,6-7H,5H2,1-2H3. The first-order valence-electron chi connectivity index (χ1n) is 4.81. The molecule has 0 radical (unpaired) electrons. The number of nitrogens with zero attached hydrogens (tertiary/aromatic N) is 4. The van der Waals surface area contributed by atoms with Crippen LogP contribution < -0.4 is 0 Å². The second-order valence-electron chi connectivity index (χ2n) is 3.47. The Kier molecular flexibility index (Phi) is 3.00. The molecule has 0 unspecified atom stereocenters. The predicted molar refractivity (Wildman–Crippen MR) is 61.3 cm³/mol. The monoisotopic (exact) mass is 236 g/mol. The Balaban J connectivity index is 2.07. The fraction of sp³-hybridized carbons (Fsp3) is 0.300. The Morgan fingerprint density at radius 3 is 3.00 bits per heavy atom. The van der Waals surface area contributed by atoms with Gasteiger partial charge in [-0.2, -0.15) is 0 Å². The molecule has 0 saturated heterocycles. The fourth-order valence-electron chi connectivity index (χ4n) is 1.33. The number of carbonyl (C=O) groups is 1. The first-order chi connectivity index (χ1) is 7.68. The first-order valence-corrected chi connectivity index (χ1v) is 5.69. The average molecular weight is 236 g/mol. The number of imidazole rings is 1. The number of amides is 1. The minimum Gasteiger partial charge on any atom is -0.322 e. The van der Waals surface area contributed by atoms with Gasteiger partial charge in [-0.05, 0) is 6.92 Å². The number of rotatable bonds is 2. The Hall–Kier alpha value is -1.69. The van der Waals surface area contributed by atoms with E-state index in [-0.39, 0.29) is 6.03 Å². The molecule has 2 rings (SSSR count). The second kappa shape index (κ2) is 4.44. The van der Waals surface area contributed by atoms with Crippen LogP contribution >= 0.6 is 11.3 Å². The third kappa shape index (κ3) is 2.11. The summed E-state index contributed by atoms with van der Waals surface area (Å²) in [6.45, 7) is 2.52. The molecule has 0 aliphatic heterocycles. The summed E-state index contributed by atoms with van der Waals surface area (Å²) in [5.74, 6) is 0. The number of aryl methyl sites for hydroxylation is 1. The van der Waals surface area contributed by atoms with Gasteiger partial charge < -0.3 is 4.90 Å². The SMILES string of the molecule is Cc1ncsc1CN(C)C(=O)n1ccnc1. The van der Waals surface area contributed by atoms with E-state index < -0.39 is 0 Å².